The van der Waals surface area contributed by atoms with Crippen LogP contribution in [0.15, 0.2) is 108 Å². The molecule has 0 spiro atoms. The third-order valence-corrected chi connectivity index (χ3v) is 6.82. The summed E-state index contributed by atoms with van der Waals surface area (Å²) in [6.07, 6.45) is 3.44. The molecule has 1 N–H and O–H groups in total. The summed E-state index contributed by atoms with van der Waals surface area (Å²) in [7, 11) is 0. The number of aryl methyl sites for hydroxylation is 1. The number of nitrogens with zero attached hydrogens (tertiary/aromatic N) is 2. The van der Waals surface area contributed by atoms with Crippen LogP contribution in [0.2, 0.25) is 0 Å². The monoisotopic (exact) mass is 505 g/mol. The van der Waals surface area contributed by atoms with Crippen LogP contribution in [-0.2, 0) is 18.6 Å². The zero-order chi connectivity index (χ0) is 26.5. The number of furan rings is 1. The Morgan fingerprint density at radius 1 is 0.921 bits per heavy atom. The molecule has 0 unspecified atom stereocenters. The average molecular weight is 506 g/mol. The zero-order valence-corrected chi connectivity index (χ0v) is 21.8. The van der Waals surface area contributed by atoms with Gasteiger partial charge in [0.05, 0.1) is 18.4 Å². The number of rotatable bonds is 9. The van der Waals surface area contributed by atoms with Crippen molar-refractivity contribution < 1.29 is 13.9 Å². The number of nitrogens with one attached hydrogen (secondary N) is 1. The second-order valence-corrected chi connectivity index (χ2v) is 9.88. The lowest BCUT2D eigenvalue weighted by Gasteiger charge is -2.26. The third-order valence-electron chi connectivity index (χ3n) is 6.82. The molecule has 0 bridgehead atoms. The van der Waals surface area contributed by atoms with Gasteiger partial charge in [-0.05, 0) is 53.4 Å². The van der Waals surface area contributed by atoms with Crippen LogP contribution in [-0.4, -0.2) is 15.7 Å². The number of ether oxygens (including phenoxy) is 1. The smallest absolute Gasteiger partial charge is 0.291 e. The lowest BCUT2D eigenvalue weighted by Crippen LogP contribution is -2.18. The summed E-state index contributed by atoms with van der Waals surface area (Å²) in [5.74, 6) is 1.19. The van der Waals surface area contributed by atoms with E-state index in [-0.39, 0.29) is 23.7 Å². The van der Waals surface area contributed by atoms with Crippen LogP contribution < -0.4 is 10.1 Å². The van der Waals surface area contributed by atoms with Gasteiger partial charge in [0.2, 0.25) is 0 Å². The third kappa shape index (κ3) is 5.70. The van der Waals surface area contributed by atoms with Crippen molar-refractivity contribution in [3.8, 4) is 5.75 Å². The minimum absolute atomic E-state index is 0.111. The highest BCUT2D eigenvalue weighted by Gasteiger charge is 2.22. The van der Waals surface area contributed by atoms with E-state index < -0.39 is 0 Å². The molecule has 38 heavy (non-hydrogen) atoms. The van der Waals surface area contributed by atoms with Gasteiger partial charge in [0.25, 0.3) is 5.91 Å². The Kier molecular flexibility index (Phi) is 7.13. The first-order valence-corrected chi connectivity index (χ1v) is 12.6. The molecule has 0 fully saturated rings. The van der Waals surface area contributed by atoms with Crippen LogP contribution in [0, 0.1) is 6.92 Å². The molecule has 6 nitrogen and oxygen atoms in total. The lowest BCUT2D eigenvalue weighted by atomic mass is 9.78. The average Bonchev–Trinajstić information content (AvgIpc) is 3.59. The first kappa shape index (κ1) is 25.1. The summed E-state index contributed by atoms with van der Waals surface area (Å²) in [6.45, 7) is 7.35. The molecule has 2 heterocycles. The molecule has 1 amide bonds. The molecule has 6 heteroatoms. The van der Waals surface area contributed by atoms with E-state index >= 15 is 0 Å². The van der Waals surface area contributed by atoms with Crippen LogP contribution in [0.3, 0.4) is 0 Å². The standard InChI is InChI=1S/C32H31N3O3/c1-23-9-7-8-10-24(23)20-35-21-27(19-33-35)34-31(36)30-18-17-29(38-30)22-37-28-15-13-26(14-16-28)32(2,3)25-11-5-4-6-12-25/h4-19,21H,20,22H2,1-3H3,(H,34,36). The van der Waals surface area contributed by atoms with Crippen molar-refractivity contribution >= 4 is 11.6 Å². The summed E-state index contributed by atoms with van der Waals surface area (Å²) in [5.41, 5.74) is 5.34. The van der Waals surface area contributed by atoms with E-state index in [1.165, 1.54) is 22.3 Å². The molecule has 0 atom stereocenters. The van der Waals surface area contributed by atoms with E-state index in [9.17, 15) is 4.79 Å². The van der Waals surface area contributed by atoms with Crippen molar-refractivity contribution in [1.29, 1.82) is 0 Å². The van der Waals surface area contributed by atoms with E-state index in [0.717, 1.165) is 5.75 Å². The first-order valence-electron chi connectivity index (χ1n) is 12.6. The number of amides is 1. The Labute approximate surface area is 222 Å². The minimum Gasteiger partial charge on any atom is -0.486 e. The van der Waals surface area contributed by atoms with Gasteiger partial charge in [-0.3, -0.25) is 9.48 Å². The van der Waals surface area contributed by atoms with Crippen LogP contribution in [0.5, 0.6) is 5.75 Å². The largest absolute Gasteiger partial charge is 0.486 e. The Bertz CT molecular complexity index is 1520. The summed E-state index contributed by atoms with van der Waals surface area (Å²) in [6, 6.07) is 30.1. The number of carbonyl (C=O) groups is 1. The SMILES string of the molecule is Cc1ccccc1Cn1cc(NC(=O)c2ccc(COc3ccc(C(C)(C)c4ccccc4)cc3)o2)cn1. The van der Waals surface area contributed by atoms with E-state index in [0.29, 0.717) is 18.0 Å². The number of carbonyl (C=O) groups excluding carboxylic acids is 1. The molecule has 0 saturated carbocycles. The van der Waals surface area contributed by atoms with E-state index in [4.69, 9.17) is 9.15 Å². The topological polar surface area (TPSA) is 69.3 Å². The molecule has 3 aromatic carbocycles. The number of hydrogen-bond acceptors (Lipinski definition) is 4. The summed E-state index contributed by atoms with van der Waals surface area (Å²) in [5, 5.41) is 7.20. The second kappa shape index (κ2) is 10.8. The van der Waals surface area contributed by atoms with Crippen LogP contribution in [0.4, 0.5) is 5.69 Å². The van der Waals surface area contributed by atoms with Crippen molar-refractivity contribution in [1.82, 2.24) is 9.78 Å². The van der Waals surface area contributed by atoms with Gasteiger partial charge in [0.15, 0.2) is 5.76 Å². The van der Waals surface area contributed by atoms with Gasteiger partial charge < -0.3 is 14.5 Å². The van der Waals surface area contributed by atoms with Crippen LogP contribution in [0.1, 0.15) is 52.4 Å². The maximum atomic E-state index is 12.7. The highest BCUT2D eigenvalue weighted by atomic mass is 16.5. The number of benzene rings is 3. The van der Waals surface area contributed by atoms with E-state index in [1.807, 2.05) is 30.3 Å². The molecule has 0 radical (unpaired) electrons. The Hall–Kier alpha value is -4.58. The highest BCUT2D eigenvalue weighted by Crippen LogP contribution is 2.32. The van der Waals surface area contributed by atoms with Crippen molar-refractivity contribution in [3.63, 3.8) is 0 Å². The number of hydrogen-bond donors (Lipinski definition) is 1. The van der Waals surface area contributed by atoms with Gasteiger partial charge in [-0.2, -0.15) is 5.10 Å². The highest BCUT2D eigenvalue weighted by molar-refractivity contribution is 6.02. The van der Waals surface area contributed by atoms with Crippen molar-refractivity contribution in [2.24, 2.45) is 0 Å². The van der Waals surface area contributed by atoms with Crippen molar-refractivity contribution in [2.45, 2.75) is 39.3 Å². The molecule has 192 valence electrons. The fraction of sp³-hybridized carbons (Fsp3) is 0.188. The predicted octanol–water partition coefficient (Wildman–Crippen LogP) is 6.99. The van der Waals surface area contributed by atoms with E-state index in [2.05, 4.69) is 79.7 Å². The van der Waals surface area contributed by atoms with Crippen molar-refractivity contribution in [2.75, 3.05) is 5.32 Å². The van der Waals surface area contributed by atoms with Gasteiger partial charge >= 0.3 is 0 Å². The van der Waals surface area contributed by atoms with Gasteiger partial charge in [-0.25, -0.2) is 0 Å². The predicted molar refractivity (Wildman–Crippen MR) is 149 cm³/mol. The van der Waals surface area contributed by atoms with Gasteiger partial charge in [-0.1, -0.05) is 80.6 Å². The summed E-state index contributed by atoms with van der Waals surface area (Å²) in [4.78, 5) is 12.7. The Morgan fingerprint density at radius 2 is 1.63 bits per heavy atom. The Balaban J connectivity index is 1.15. The summed E-state index contributed by atoms with van der Waals surface area (Å²) >= 11 is 0. The zero-order valence-electron chi connectivity index (χ0n) is 21.8. The van der Waals surface area contributed by atoms with Crippen LogP contribution in [0.25, 0.3) is 0 Å². The van der Waals surface area contributed by atoms with Crippen molar-refractivity contribution in [3.05, 3.63) is 137 Å². The fourth-order valence-electron chi connectivity index (χ4n) is 4.39. The molecular formula is C32H31N3O3. The minimum atomic E-state index is -0.334. The normalized spacial score (nSPS) is 11.3. The molecule has 0 saturated heterocycles. The molecule has 2 aromatic heterocycles. The molecule has 5 rings (SSSR count). The van der Waals surface area contributed by atoms with Gasteiger partial charge in [-0.15, -0.1) is 0 Å². The fourth-order valence-corrected chi connectivity index (χ4v) is 4.39. The Morgan fingerprint density at radius 3 is 2.39 bits per heavy atom. The number of anilines is 1. The second-order valence-electron chi connectivity index (χ2n) is 9.88. The van der Waals surface area contributed by atoms with Crippen LogP contribution >= 0.6 is 0 Å². The quantitative estimate of drug-likeness (QED) is 0.234. The van der Waals surface area contributed by atoms with Gasteiger partial charge in [0.1, 0.15) is 18.1 Å². The lowest BCUT2D eigenvalue weighted by molar-refractivity contribution is 0.0992. The first-order chi connectivity index (χ1) is 18.4. The number of aromatic nitrogens is 2. The molecule has 5 aromatic rings. The maximum absolute atomic E-state index is 12.7. The van der Waals surface area contributed by atoms with E-state index in [1.54, 1.807) is 29.2 Å². The maximum Gasteiger partial charge on any atom is 0.291 e. The summed E-state index contributed by atoms with van der Waals surface area (Å²) < 4.78 is 13.4. The molecule has 0 aliphatic heterocycles. The molecular weight excluding hydrogens is 474 g/mol. The molecule has 0 aliphatic rings. The van der Waals surface area contributed by atoms with Gasteiger partial charge in [0, 0.05) is 11.6 Å². The molecule has 0 aliphatic carbocycles.